The molecule has 0 radical (unpaired) electrons. The van der Waals surface area contributed by atoms with Crippen molar-refractivity contribution >= 4 is 29.0 Å². The van der Waals surface area contributed by atoms with E-state index in [1.165, 1.54) is 0 Å². The summed E-state index contributed by atoms with van der Waals surface area (Å²) >= 11 is 3.26. The molecule has 0 bridgehead atoms. The van der Waals surface area contributed by atoms with Crippen LogP contribution in [0.3, 0.4) is 0 Å². The van der Waals surface area contributed by atoms with Gasteiger partial charge in [0.15, 0.2) is 0 Å². The van der Waals surface area contributed by atoms with Crippen LogP contribution in [0.15, 0.2) is 5.38 Å². The third-order valence-electron chi connectivity index (χ3n) is 3.55. The van der Waals surface area contributed by atoms with Gasteiger partial charge in [0.2, 0.25) is 5.91 Å². The van der Waals surface area contributed by atoms with Gasteiger partial charge >= 0.3 is 0 Å². The molecule has 0 aromatic carbocycles. The SMILES string of the molecule is Cc1nc(CSCC(=O)N2CCCCCC2CO)cs1. The highest BCUT2D eigenvalue weighted by Gasteiger charge is 2.24. The van der Waals surface area contributed by atoms with Crippen molar-refractivity contribution in [1.29, 1.82) is 0 Å². The van der Waals surface area contributed by atoms with Crippen molar-refractivity contribution in [2.75, 3.05) is 18.9 Å². The predicted octanol–water partition coefficient (Wildman–Crippen LogP) is 2.45. The highest BCUT2D eigenvalue weighted by atomic mass is 32.2. The van der Waals surface area contributed by atoms with E-state index in [4.69, 9.17) is 0 Å². The number of aromatic nitrogens is 1. The van der Waals surface area contributed by atoms with Crippen molar-refractivity contribution in [3.63, 3.8) is 0 Å². The van der Waals surface area contributed by atoms with E-state index in [-0.39, 0.29) is 18.6 Å². The summed E-state index contributed by atoms with van der Waals surface area (Å²) in [6.07, 6.45) is 4.25. The Kier molecular flexibility index (Phi) is 6.32. The minimum atomic E-state index is 0.0205. The average molecular weight is 314 g/mol. The lowest BCUT2D eigenvalue weighted by Gasteiger charge is -2.28. The van der Waals surface area contributed by atoms with Gasteiger partial charge in [-0.1, -0.05) is 12.8 Å². The lowest BCUT2D eigenvalue weighted by Crippen LogP contribution is -2.43. The van der Waals surface area contributed by atoms with Crippen LogP contribution in [0.25, 0.3) is 0 Å². The summed E-state index contributed by atoms with van der Waals surface area (Å²) in [5.74, 6) is 1.42. The van der Waals surface area contributed by atoms with Gasteiger partial charge in [-0.05, 0) is 19.8 Å². The Bertz CT molecular complexity index is 437. The summed E-state index contributed by atoms with van der Waals surface area (Å²) in [6, 6.07) is 0.0205. The van der Waals surface area contributed by atoms with E-state index in [0.717, 1.165) is 48.7 Å². The standard InChI is InChI=1S/C14H22N2O2S2/c1-11-15-12(9-20-11)8-19-10-14(18)16-6-4-2-3-5-13(16)7-17/h9,13,17H,2-8,10H2,1H3. The molecule has 2 heterocycles. The minimum Gasteiger partial charge on any atom is -0.394 e. The van der Waals surface area contributed by atoms with Crippen molar-refractivity contribution in [2.45, 2.75) is 44.4 Å². The molecule has 0 spiro atoms. The van der Waals surface area contributed by atoms with Gasteiger partial charge in [-0.2, -0.15) is 0 Å². The second-order valence-corrected chi connectivity index (χ2v) is 7.17. The Labute approximate surface area is 128 Å². The first-order valence-corrected chi connectivity index (χ1v) is 9.13. The third kappa shape index (κ3) is 4.46. The molecule has 0 saturated carbocycles. The van der Waals surface area contributed by atoms with Crippen LogP contribution >= 0.6 is 23.1 Å². The van der Waals surface area contributed by atoms with Gasteiger partial charge in [-0.15, -0.1) is 23.1 Å². The second kappa shape index (κ2) is 8.00. The first-order valence-electron chi connectivity index (χ1n) is 7.10. The summed E-state index contributed by atoms with van der Waals surface area (Å²) < 4.78 is 0. The lowest BCUT2D eigenvalue weighted by atomic mass is 10.1. The molecule has 2 rings (SSSR count). The number of carbonyl (C=O) groups is 1. The van der Waals surface area contributed by atoms with E-state index in [9.17, 15) is 9.90 Å². The third-order valence-corrected chi connectivity index (χ3v) is 5.32. The number of aliphatic hydroxyl groups is 1. The van der Waals surface area contributed by atoms with E-state index in [1.807, 2.05) is 11.8 Å². The number of thioether (sulfide) groups is 1. The number of aryl methyl sites for hydroxylation is 1. The van der Waals surface area contributed by atoms with E-state index in [0.29, 0.717) is 5.75 Å². The van der Waals surface area contributed by atoms with Gasteiger partial charge in [0, 0.05) is 17.7 Å². The van der Waals surface area contributed by atoms with Crippen LogP contribution in [0.1, 0.15) is 36.4 Å². The molecule has 1 aliphatic heterocycles. The first kappa shape index (κ1) is 15.8. The highest BCUT2D eigenvalue weighted by Crippen LogP contribution is 2.19. The average Bonchev–Trinajstić information content (AvgIpc) is 2.72. The molecular weight excluding hydrogens is 292 g/mol. The van der Waals surface area contributed by atoms with Crippen molar-refractivity contribution < 1.29 is 9.90 Å². The van der Waals surface area contributed by atoms with Gasteiger partial charge in [0.25, 0.3) is 0 Å². The van der Waals surface area contributed by atoms with Crippen molar-refractivity contribution in [2.24, 2.45) is 0 Å². The summed E-state index contributed by atoms with van der Waals surface area (Å²) in [5, 5.41) is 12.6. The molecule has 1 amide bonds. The van der Waals surface area contributed by atoms with Crippen LogP contribution in [-0.2, 0) is 10.5 Å². The molecule has 1 aliphatic rings. The zero-order valence-electron chi connectivity index (χ0n) is 11.9. The summed E-state index contributed by atoms with van der Waals surface area (Å²) in [5.41, 5.74) is 1.06. The number of hydrogen-bond acceptors (Lipinski definition) is 5. The molecule has 1 fully saturated rings. The van der Waals surface area contributed by atoms with Gasteiger partial charge in [0.1, 0.15) is 0 Å². The lowest BCUT2D eigenvalue weighted by molar-refractivity contribution is -0.131. The molecule has 20 heavy (non-hydrogen) atoms. The topological polar surface area (TPSA) is 53.4 Å². The van der Waals surface area contributed by atoms with Crippen LogP contribution in [0.2, 0.25) is 0 Å². The Hall–Kier alpha value is -0.590. The fourth-order valence-electron chi connectivity index (χ4n) is 2.50. The fraction of sp³-hybridized carbons (Fsp3) is 0.714. The number of hydrogen-bond donors (Lipinski definition) is 1. The van der Waals surface area contributed by atoms with Crippen molar-refractivity contribution in [3.8, 4) is 0 Å². The zero-order chi connectivity index (χ0) is 14.4. The Morgan fingerprint density at radius 2 is 2.40 bits per heavy atom. The van der Waals surface area contributed by atoms with E-state index >= 15 is 0 Å². The Balaban J connectivity index is 1.80. The quantitative estimate of drug-likeness (QED) is 0.907. The molecule has 1 N–H and O–H groups in total. The summed E-state index contributed by atoms with van der Waals surface area (Å²) in [4.78, 5) is 18.6. The predicted molar refractivity (Wildman–Crippen MR) is 84.1 cm³/mol. The molecule has 1 atom stereocenters. The highest BCUT2D eigenvalue weighted by molar-refractivity contribution is 7.99. The minimum absolute atomic E-state index is 0.0205. The van der Waals surface area contributed by atoms with Gasteiger partial charge in [0.05, 0.1) is 29.1 Å². The molecule has 4 nitrogen and oxygen atoms in total. The normalized spacial score (nSPS) is 19.9. The maximum absolute atomic E-state index is 12.3. The number of thiazole rings is 1. The molecule has 0 aliphatic carbocycles. The van der Waals surface area contributed by atoms with Crippen LogP contribution in [0.5, 0.6) is 0 Å². The fourth-order valence-corrected chi connectivity index (χ4v) is 4.01. The largest absolute Gasteiger partial charge is 0.394 e. The van der Waals surface area contributed by atoms with Gasteiger partial charge in [-0.25, -0.2) is 4.98 Å². The molecule has 6 heteroatoms. The monoisotopic (exact) mass is 314 g/mol. The maximum atomic E-state index is 12.3. The molecule has 112 valence electrons. The van der Waals surface area contributed by atoms with Crippen LogP contribution in [0.4, 0.5) is 0 Å². The number of nitrogens with zero attached hydrogens (tertiary/aromatic N) is 2. The molecular formula is C14H22N2O2S2. The van der Waals surface area contributed by atoms with Crippen LogP contribution < -0.4 is 0 Å². The summed E-state index contributed by atoms with van der Waals surface area (Å²) in [7, 11) is 0. The summed E-state index contributed by atoms with van der Waals surface area (Å²) in [6.45, 7) is 2.87. The first-order chi connectivity index (χ1) is 9.70. The van der Waals surface area contributed by atoms with Crippen molar-refractivity contribution in [1.82, 2.24) is 9.88 Å². The van der Waals surface area contributed by atoms with Gasteiger partial charge in [-0.3, -0.25) is 4.79 Å². The van der Waals surface area contributed by atoms with E-state index in [1.54, 1.807) is 23.1 Å². The maximum Gasteiger partial charge on any atom is 0.232 e. The molecule has 1 aromatic rings. The van der Waals surface area contributed by atoms with E-state index < -0.39 is 0 Å². The van der Waals surface area contributed by atoms with Gasteiger partial charge < -0.3 is 10.0 Å². The Morgan fingerprint density at radius 1 is 1.55 bits per heavy atom. The number of rotatable bonds is 5. The second-order valence-electron chi connectivity index (χ2n) is 5.12. The van der Waals surface area contributed by atoms with Crippen LogP contribution in [-0.4, -0.2) is 45.8 Å². The molecule has 1 saturated heterocycles. The van der Waals surface area contributed by atoms with E-state index in [2.05, 4.69) is 10.4 Å². The number of carbonyl (C=O) groups excluding carboxylic acids is 1. The smallest absolute Gasteiger partial charge is 0.232 e. The zero-order valence-corrected chi connectivity index (χ0v) is 13.5. The number of aliphatic hydroxyl groups excluding tert-OH is 1. The molecule has 1 unspecified atom stereocenters. The Morgan fingerprint density at radius 3 is 3.10 bits per heavy atom. The van der Waals surface area contributed by atoms with Crippen molar-refractivity contribution in [3.05, 3.63) is 16.1 Å². The van der Waals surface area contributed by atoms with Crippen LogP contribution in [0, 0.1) is 6.92 Å². The molecule has 1 aromatic heterocycles. The number of amides is 1. The number of likely N-dealkylation sites (tertiary alicyclic amines) is 1.